The number of anilines is 1. The summed E-state index contributed by atoms with van der Waals surface area (Å²) in [6.45, 7) is 3.32. The number of nitrogens with zero attached hydrogens (tertiary/aromatic N) is 1. The monoisotopic (exact) mass is 299 g/mol. The van der Waals surface area contributed by atoms with Crippen molar-refractivity contribution in [2.75, 3.05) is 25.6 Å². The van der Waals surface area contributed by atoms with Crippen LogP contribution in [0.3, 0.4) is 0 Å². The maximum atomic E-state index is 5.84. The zero-order valence-electron chi connectivity index (χ0n) is 13.7. The number of methoxy groups -OCH3 is 1. The molecule has 22 heavy (non-hydrogen) atoms. The number of benzene rings is 2. The molecule has 3 nitrogen and oxygen atoms in total. The first-order valence-electron chi connectivity index (χ1n) is 7.86. The van der Waals surface area contributed by atoms with Crippen molar-refractivity contribution >= 4 is 5.69 Å². The Morgan fingerprint density at radius 3 is 1.91 bits per heavy atom. The van der Waals surface area contributed by atoms with Gasteiger partial charge in [0.15, 0.2) is 0 Å². The van der Waals surface area contributed by atoms with Gasteiger partial charge in [-0.15, -0.1) is 0 Å². The lowest BCUT2D eigenvalue weighted by Gasteiger charge is -2.19. The van der Waals surface area contributed by atoms with Gasteiger partial charge in [0.2, 0.25) is 0 Å². The molecule has 0 atom stereocenters. The number of hydrogen-bond donors (Lipinski definition) is 0. The fourth-order valence-electron chi connectivity index (χ4n) is 2.28. The van der Waals surface area contributed by atoms with Crippen LogP contribution in [0.25, 0.3) is 0 Å². The predicted molar refractivity (Wildman–Crippen MR) is 92.3 cm³/mol. The first-order valence-corrected chi connectivity index (χ1v) is 7.86. The molecule has 0 aliphatic heterocycles. The third-order valence-corrected chi connectivity index (χ3v) is 3.67. The number of hydrogen-bond acceptors (Lipinski definition) is 3. The summed E-state index contributed by atoms with van der Waals surface area (Å²) in [7, 11) is 3.79. The fourth-order valence-corrected chi connectivity index (χ4v) is 2.28. The maximum absolute atomic E-state index is 5.84. The van der Waals surface area contributed by atoms with Crippen LogP contribution in [-0.4, -0.2) is 20.7 Å². The van der Waals surface area contributed by atoms with Crippen LogP contribution in [0.1, 0.15) is 26.2 Å². The quantitative estimate of drug-likeness (QED) is 0.632. The smallest absolute Gasteiger partial charge is 0.127 e. The van der Waals surface area contributed by atoms with E-state index in [9.17, 15) is 0 Å². The van der Waals surface area contributed by atoms with Gasteiger partial charge in [-0.2, -0.15) is 0 Å². The van der Waals surface area contributed by atoms with Crippen molar-refractivity contribution in [3.8, 4) is 17.2 Å². The van der Waals surface area contributed by atoms with Crippen molar-refractivity contribution in [2.24, 2.45) is 0 Å². The van der Waals surface area contributed by atoms with Gasteiger partial charge in [-0.1, -0.05) is 19.8 Å². The highest BCUT2D eigenvalue weighted by Crippen LogP contribution is 2.25. The molecule has 0 aliphatic carbocycles. The first-order chi connectivity index (χ1) is 10.7. The van der Waals surface area contributed by atoms with Gasteiger partial charge in [0.25, 0.3) is 0 Å². The molecule has 3 heteroatoms. The van der Waals surface area contributed by atoms with Crippen LogP contribution < -0.4 is 14.4 Å². The summed E-state index contributed by atoms with van der Waals surface area (Å²) in [6.07, 6.45) is 3.77. The van der Waals surface area contributed by atoms with Gasteiger partial charge in [0.05, 0.1) is 7.11 Å². The fraction of sp³-hybridized carbons (Fsp3) is 0.368. The van der Waals surface area contributed by atoms with Crippen LogP contribution >= 0.6 is 0 Å². The van der Waals surface area contributed by atoms with Gasteiger partial charge in [-0.3, -0.25) is 0 Å². The minimum atomic E-state index is 0.810. The van der Waals surface area contributed by atoms with Crippen LogP contribution in [0, 0.1) is 0 Å². The van der Waals surface area contributed by atoms with E-state index in [1.54, 1.807) is 7.11 Å². The summed E-state index contributed by atoms with van der Waals surface area (Å²) < 4.78 is 11.0. The normalized spacial score (nSPS) is 10.3. The Morgan fingerprint density at radius 2 is 1.36 bits per heavy atom. The Morgan fingerprint density at radius 1 is 0.818 bits per heavy atom. The van der Waals surface area contributed by atoms with Crippen molar-refractivity contribution in [3.63, 3.8) is 0 Å². The van der Waals surface area contributed by atoms with Crippen molar-refractivity contribution in [2.45, 2.75) is 26.2 Å². The summed E-state index contributed by atoms with van der Waals surface area (Å²) in [5, 5.41) is 0. The molecule has 0 bridgehead atoms. The molecule has 118 valence electrons. The second kappa shape index (κ2) is 8.32. The van der Waals surface area contributed by atoms with E-state index in [2.05, 4.69) is 31.0 Å². The molecule has 2 aromatic carbocycles. The number of rotatable bonds is 8. The Kier molecular flexibility index (Phi) is 6.13. The Labute approximate surface area is 133 Å². The Bertz CT molecular complexity index is 549. The first kappa shape index (κ1) is 16.2. The summed E-state index contributed by atoms with van der Waals surface area (Å²) >= 11 is 0. The molecule has 2 aromatic rings. The van der Waals surface area contributed by atoms with Crippen molar-refractivity contribution in [1.82, 2.24) is 0 Å². The molecule has 0 unspecified atom stereocenters. The SMILES string of the molecule is CCCCCN(C)c1ccc(Oc2ccc(OC)cc2)cc1. The molecule has 0 saturated heterocycles. The number of unbranched alkanes of at least 4 members (excludes halogenated alkanes) is 2. The third-order valence-electron chi connectivity index (χ3n) is 3.67. The highest BCUT2D eigenvalue weighted by molar-refractivity contribution is 5.49. The Hall–Kier alpha value is -2.16. The molecule has 0 amide bonds. The Balaban J connectivity index is 1.93. The van der Waals surface area contributed by atoms with Crippen LogP contribution in [0.2, 0.25) is 0 Å². The topological polar surface area (TPSA) is 21.7 Å². The molecule has 0 aliphatic rings. The molecule has 0 spiro atoms. The van der Waals surface area contributed by atoms with Gasteiger partial charge < -0.3 is 14.4 Å². The largest absolute Gasteiger partial charge is 0.497 e. The highest BCUT2D eigenvalue weighted by atomic mass is 16.5. The van der Waals surface area contributed by atoms with Crippen molar-refractivity contribution in [3.05, 3.63) is 48.5 Å². The van der Waals surface area contributed by atoms with E-state index >= 15 is 0 Å². The van der Waals surface area contributed by atoms with E-state index < -0.39 is 0 Å². The minimum Gasteiger partial charge on any atom is -0.497 e. The van der Waals surface area contributed by atoms with Gasteiger partial charge in [0, 0.05) is 19.3 Å². The second-order valence-corrected chi connectivity index (χ2v) is 5.40. The van der Waals surface area contributed by atoms with E-state index in [-0.39, 0.29) is 0 Å². The molecular formula is C19H25NO2. The summed E-state index contributed by atoms with van der Waals surface area (Å²) in [5.41, 5.74) is 1.22. The standard InChI is InChI=1S/C19H25NO2/c1-4-5-6-15-20(2)16-7-9-18(10-8-16)22-19-13-11-17(21-3)12-14-19/h7-14H,4-6,15H2,1-3H3. The lowest BCUT2D eigenvalue weighted by Crippen LogP contribution is -2.18. The minimum absolute atomic E-state index is 0.810. The van der Waals surface area contributed by atoms with E-state index in [4.69, 9.17) is 9.47 Å². The molecule has 2 rings (SSSR count). The lowest BCUT2D eigenvalue weighted by molar-refractivity contribution is 0.413. The third kappa shape index (κ3) is 4.69. The van der Waals surface area contributed by atoms with Crippen LogP contribution in [0.5, 0.6) is 17.2 Å². The highest BCUT2D eigenvalue weighted by Gasteiger charge is 2.02. The van der Waals surface area contributed by atoms with E-state index in [1.807, 2.05) is 36.4 Å². The summed E-state index contributed by atoms with van der Waals surface area (Å²) in [6, 6.07) is 15.8. The predicted octanol–water partition coefficient (Wildman–Crippen LogP) is 5.11. The number of ether oxygens (including phenoxy) is 2. The van der Waals surface area contributed by atoms with E-state index in [0.29, 0.717) is 0 Å². The second-order valence-electron chi connectivity index (χ2n) is 5.40. The zero-order chi connectivity index (χ0) is 15.8. The van der Waals surface area contributed by atoms with Gasteiger partial charge in [-0.05, 0) is 55.0 Å². The van der Waals surface area contributed by atoms with Crippen LogP contribution in [-0.2, 0) is 0 Å². The summed E-state index contributed by atoms with van der Waals surface area (Å²) in [4.78, 5) is 2.28. The van der Waals surface area contributed by atoms with Crippen molar-refractivity contribution < 1.29 is 9.47 Å². The van der Waals surface area contributed by atoms with Gasteiger partial charge >= 0.3 is 0 Å². The zero-order valence-corrected chi connectivity index (χ0v) is 13.7. The van der Waals surface area contributed by atoms with E-state index in [1.165, 1.54) is 24.9 Å². The van der Waals surface area contributed by atoms with Crippen LogP contribution in [0.15, 0.2) is 48.5 Å². The van der Waals surface area contributed by atoms with Crippen LogP contribution in [0.4, 0.5) is 5.69 Å². The maximum Gasteiger partial charge on any atom is 0.127 e. The molecule has 0 saturated carbocycles. The molecule has 0 radical (unpaired) electrons. The molecule has 0 aromatic heterocycles. The molecule has 0 fully saturated rings. The van der Waals surface area contributed by atoms with Gasteiger partial charge in [0.1, 0.15) is 17.2 Å². The van der Waals surface area contributed by atoms with Crippen molar-refractivity contribution in [1.29, 1.82) is 0 Å². The van der Waals surface area contributed by atoms with E-state index in [0.717, 1.165) is 23.8 Å². The molecule has 0 heterocycles. The lowest BCUT2D eigenvalue weighted by atomic mass is 10.2. The molecule has 0 N–H and O–H groups in total. The summed E-state index contributed by atoms with van der Waals surface area (Å²) in [5.74, 6) is 2.48. The average Bonchev–Trinajstić information content (AvgIpc) is 2.56. The van der Waals surface area contributed by atoms with Gasteiger partial charge in [-0.25, -0.2) is 0 Å². The molecular weight excluding hydrogens is 274 g/mol. The average molecular weight is 299 g/mol.